The van der Waals surface area contributed by atoms with E-state index in [0.717, 1.165) is 0 Å². The van der Waals surface area contributed by atoms with Gasteiger partial charge in [-0.1, -0.05) is 0 Å². The number of nitrogen functional groups attached to an aromatic ring is 1. The third kappa shape index (κ3) is 2.25. The number of rotatable bonds is 2. The van der Waals surface area contributed by atoms with Crippen molar-refractivity contribution in [1.29, 1.82) is 0 Å². The molecule has 3 aromatic rings. The number of fused-ring (bicyclic) bond motifs is 1. The Hall–Kier alpha value is -2.35. The van der Waals surface area contributed by atoms with Crippen LogP contribution in [0.25, 0.3) is 11.1 Å². The van der Waals surface area contributed by atoms with Gasteiger partial charge in [0.05, 0.1) is 4.47 Å². The van der Waals surface area contributed by atoms with Crippen molar-refractivity contribution in [3.8, 4) is 0 Å². The number of nitrogens with two attached hydrogens (primary N) is 1. The molecule has 0 unspecified atom stereocenters. The first-order valence-corrected chi connectivity index (χ1v) is 6.46. The van der Waals surface area contributed by atoms with Crippen molar-refractivity contribution in [2.75, 3.05) is 5.73 Å². The normalized spacial score (nSPS) is 11.1. The minimum Gasteiger partial charge on any atom is -0.439 e. The number of benzene rings is 1. The third-order valence-electron chi connectivity index (χ3n) is 2.73. The second kappa shape index (κ2) is 4.64. The van der Waals surface area contributed by atoms with E-state index in [1.165, 1.54) is 10.8 Å². The molecular weight excluding hydrogens is 328 g/mol. The summed E-state index contributed by atoms with van der Waals surface area (Å²) in [6, 6.07) is 5.12. The van der Waals surface area contributed by atoms with Crippen molar-refractivity contribution in [2.45, 2.75) is 6.54 Å². The SMILES string of the molecule is Nc1ccc2nc(Cn3cc(Br)c(=O)[nH]c3=O)oc2c1. The van der Waals surface area contributed by atoms with Crippen LogP contribution < -0.4 is 17.0 Å². The van der Waals surface area contributed by atoms with E-state index in [9.17, 15) is 9.59 Å². The number of halogens is 1. The molecule has 0 amide bonds. The molecule has 102 valence electrons. The highest BCUT2D eigenvalue weighted by atomic mass is 79.9. The Bertz CT molecular complexity index is 909. The molecule has 3 N–H and O–H groups in total. The summed E-state index contributed by atoms with van der Waals surface area (Å²) in [4.78, 5) is 29.4. The van der Waals surface area contributed by atoms with Gasteiger partial charge < -0.3 is 10.2 Å². The number of aromatic amines is 1. The number of hydrogen-bond acceptors (Lipinski definition) is 5. The van der Waals surface area contributed by atoms with Crippen LogP contribution in [0.5, 0.6) is 0 Å². The molecule has 0 aliphatic carbocycles. The van der Waals surface area contributed by atoms with Crippen molar-refractivity contribution in [3.05, 3.63) is 55.6 Å². The molecule has 8 heteroatoms. The molecule has 0 atom stereocenters. The number of nitrogens with zero attached hydrogens (tertiary/aromatic N) is 2. The van der Waals surface area contributed by atoms with Gasteiger partial charge in [-0.05, 0) is 28.1 Å². The predicted octanol–water partition coefficient (Wildman–Crippen LogP) is 1.07. The van der Waals surface area contributed by atoms with E-state index in [1.807, 2.05) is 0 Å². The Labute approximate surface area is 120 Å². The van der Waals surface area contributed by atoms with Crippen molar-refractivity contribution >= 4 is 32.7 Å². The monoisotopic (exact) mass is 336 g/mol. The Morgan fingerprint density at radius 1 is 1.40 bits per heavy atom. The Morgan fingerprint density at radius 2 is 2.20 bits per heavy atom. The summed E-state index contributed by atoms with van der Waals surface area (Å²) in [6.07, 6.45) is 1.39. The number of nitrogens with one attached hydrogen (secondary N) is 1. The minimum absolute atomic E-state index is 0.114. The van der Waals surface area contributed by atoms with Crippen molar-refractivity contribution < 1.29 is 4.42 Å². The summed E-state index contributed by atoms with van der Waals surface area (Å²) in [5.41, 5.74) is 6.44. The van der Waals surface area contributed by atoms with Gasteiger partial charge in [0.15, 0.2) is 5.58 Å². The van der Waals surface area contributed by atoms with E-state index in [-0.39, 0.29) is 11.0 Å². The molecule has 3 rings (SSSR count). The maximum absolute atomic E-state index is 11.7. The molecule has 0 aliphatic rings. The molecule has 0 fully saturated rings. The van der Waals surface area contributed by atoms with Gasteiger partial charge in [-0.3, -0.25) is 14.3 Å². The lowest BCUT2D eigenvalue weighted by Gasteiger charge is -2.01. The quantitative estimate of drug-likeness (QED) is 0.680. The van der Waals surface area contributed by atoms with Crippen molar-refractivity contribution in [1.82, 2.24) is 14.5 Å². The number of oxazole rings is 1. The van der Waals surface area contributed by atoms with E-state index < -0.39 is 11.2 Å². The second-order valence-corrected chi connectivity index (χ2v) is 5.05. The van der Waals surface area contributed by atoms with Gasteiger partial charge >= 0.3 is 5.69 Å². The molecule has 0 radical (unpaired) electrons. The highest BCUT2D eigenvalue weighted by Gasteiger charge is 2.09. The predicted molar refractivity (Wildman–Crippen MR) is 76.5 cm³/mol. The van der Waals surface area contributed by atoms with E-state index in [0.29, 0.717) is 22.7 Å². The average molecular weight is 337 g/mol. The number of H-pyrrole nitrogens is 1. The standard InChI is InChI=1S/C12H9BrN4O3/c13-7-4-17(12(19)16-11(7)18)5-10-15-8-2-1-6(14)3-9(8)20-10/h1-4H,5,14H2,(H,16,18,19). The largest absolute Gasteiger partial charge is 0.439 e. The van der Waals surface area contributed by atoms with Crippen LogP contribution in [0.15, 0.2) is 42.9 Å². The summed E-state index contributed by atoms with van der Waals surface area (Å²) in [7, 11) is 0. The molecule has 20 heavy (non-hydrogen) atoms. The molecule has 0 aliphatic heterocycles. The summed E-state index contributed by atoms with van der Waals surface area (Å²) in [5, 5.41) is 0. The minimum atomic E-state index is -0.528. The fourth-order valence-electron chi connectivity index (χ4n) is 1.80. The third-order valence-corrected chi connectivity index (χ3v) is 3.29. The van der Waals surface area contributed by atoms with Crippen LogP contribution >= 0.6 is 15.9 Å². The molecule has 0 saturated heterocycles. The molecule has 7 nitrogen and oxygen atoms in total. The first kappa shape index (κ1) is 12.7. The lowest BCUT2D eigenvalue weighted by molar-refractivity contribution is 0.500. The van der Waals surface area contributed by atoms with E-state index in [4.69, 9.17) is 10.2 Å². The molecule has 0 bridgehead atoms. The van der Waals surface area contributed by atoms with Gasteiger partial charge in [0.2, 0.25) is 5.89 Å². The molecule has 2 aromatic heterocycles. The Morgan fingerprint density at radius 3 is 3.00 bits per heavy atom. The topological polar surface area (TPSA) is 107 Å². The van der Waals surface area contributed by atoms with Gasteiger partial charge in [0.1, 0.15) is 12.1 Å². The van der Waals surface area contributed by atoms with Crippen LogP contribution in [-0.4, -0.2) is 14.5 Å². The van der Waals surface area contributed by atoms with E-state index in [1.54, 1.807) is 18.2 Å². The zero-order valence-electron chi connectivity index (χ0n) is 10.1. The van der Waals surface area contributed by atoms with Gasteiger partial charge in [-0.15, -0.1) is 0 Å². The Balaban J connectivity index is 2.03. The maximum atomic E-state index is 11.7. The van der Waals surface area contributed by atoms with Crippen LogP contribution in [0.1, 0.15) is 5.89 Å². The van der Waals surface area contributed by atoms with Gasteiger partial charge in [0.25, 0.3) is 5.56 Å². The van der Waals surface area contributed by atoms with Gasteiger partial charge in [-0.2, -0.15) is 0 Å². The summed E-state index contributed by atoms with van der Waals surface area (Å²) in [5.74, 6) is 0.353. The number of hydrogen-bond donors (Lipinski definition) is 2. The van der Waals surface area contributed by atoms with Crippen LogP contribution in [0.3, 0.4) is 0 Å². The summed E-state index contributed by atoms with van der Waals surface area (Å²) >= 11 is 3.07. The molecule has 2 heterocycles. The van der Waals surface area contributed by atoms with E-state index in [2.05, 4.69) is 25.9 Å². The smallest absolute Gasteiger partial charge is 0.328 e. The van der Waals surface area contributed by atoms with Crippen LogP contribution in [0, 0.1) is 0 Å². The number of anilines is 1. The lowest BCUT2D eigenvalue weighted by Crippen LogP contribution is -2.30. The molecule has 1 aromatic carbocycles. The van der Waals surface area contributed by atoms with E-state index >= 15 is 0 Å². The van der Waals surface area contributed by atoms with Crippen LogP contribution in [-0.2, 0) is 6.54 Å². The molecule has 0 spiro atoms. The fraction of sp³-hybridized carbons (Fsp3) is 0.0833. The molecular formula is C12H9BrN4O3. The Kier molecular flexibility index (Phi) is 2.94. The maximum Gasteiger partial charge on any atom is 0.328 e. The zero-order valence-corrected chi connectivity index (χ0v) is 11.7. The summed E-state index contributed by atoms with van der Waals surface area (Å²) in [6.45, 7) is 0.114. The zero-order chi connectivity index (χ0) is 14.3. The van der Waals surface area contributed by atoms with Gasteiger partial charge in [0, 0.05) is 18.0 Å². The number of aromatic nitrogens is 3. The van der Waals surface area contributed by atoms with Crippen molar-refractivity contribution in [2.24, 2.45) is 0 Å². The van der Waals surface area contributed by atoms with Crippen LogP contribution in [0.2, 0.25) is 0 Å². The molecule has 0 saturated carbocycles. The van der Waals surface area contributed by atoms with Crippen LogP contribution in [0.4, 0.5) is 5.69 Å². The highest BCUT2D eigenvalue weighted by molar-refractivity contribution is 9.10. The first-order chi connectivity index (χ1) is 9.52. The van der Waals surface area contributed by atoms with Gasteiger partial charge in [-0.25, -0.2) is 9.78 Å². The van der Waals surface area contributed by atoms with Crippen molar-refractivity contribution in [3.63, 3.8) is 0 Å². The lowest BCUT2D eigenvalue weighted by atomic mass is 10.3. The summed E-state index contributed by atoms with van der Waals surface area (Å²) < 4.78 is 7.07. The first-order valence-electron chi connectivity index (χ1n) is 5.67. The highest BCUT2D eigenvalue weighted by Crippen LogP contribution is 2.18. The second-order valence-electron chi connectivity index (χ2n) is 4.20. The average Bonchev–Trinajstić information content (AvgIpc) is 2.77. The fourth-order valence-corrected chi connectivity index (χ4v) is 2.15.